The van der Waals surface area contributed by atoms with Gasteiger partial charge in [0, 0.05) is 31.9 Å². The maximum absolute atomic E-state index is 13.1. The van der Waals surface area contributed by atoms with Gasteiger partial charge in [-0.3, -0.25) is 9.80 Å². The lowest BCUT2D eigenvalue weighted by atomic mass is 9.95. The van der Waals surface area contributed by atoms with Crippen LogP contribution in [0.4, 0.5) is 10.5 Å². The number of benzene rings is 2. The van der Waals surface area contributed by atoms with Crippen molar-refractivity contribution in [1.82, 2.24) is 9.80 Å². The first-order valence-electron chi connectivity index (χ1n) is 10.6. The number of hydrogen-bond donors (Lipinski definition) is 0. The molecule has 2 heterocycles. The Bertz CT molecular complexity index is 868. The third-order valence-electron chi connectivity index (χ3n) is 6.03. The molecule has 0 atom stereocenters. The van der Waals surface area contributed by atoms with Gasteiger partial charge in [-0.05, 0) is 62.0 Å². The van der Waals surface area contributed by atoms with E-state index in [2.05, 4.69) is 41.3 Å². The summed E-state index contributed by atoms with van der Waals surface area (Å²) >= 11 is 0. The van der Waals surface area contributed by atoms with Gasteiger partial charge in [0.1, 0.15) is 0 Å². The van der Waals surface area contributed by atoms with Crippen LogP contribution in [0.15, 0.2) is 54.6 Å². The van der Waals surface area contributed by atoms with E-state index in [1.165, 1.54) is 5.56 Å². The Hall–Kier alpha value is -2.84. The largest absolute Gasteiger partial charge is 0.324 e. The topological polar surface area (TPSA) is 50.6 Å². The molecular formula is C24H28N4O. The number of hydrogen-bond acceptors (Lipinski definition) is 3. The Morgan fingerprint density at radius 1 is 0.966 bits per heavy atom. The molecule has 0 bridgehead atoms. The molecule has 2 aromatic rings. The van der Waals surface area contributed by atoms with E-state index < -0.39 is 0 Å². The van der Waals surface area contributed by atoms with Crippen molar-refractivity contribution in [3.63, 3.8) is 0 Å². The molecule has 2 saturated heterocycles. The van der Waals surface area contributed by atoms with Crippen molar-refractivity contribution in [3.8, 4) is 6.07 Å². The first kappa shape index (κ1) is 19.5. The number of piperidine rings is 1. The van der Waals surface area contributed by atoms with Crippen LogP contribution in [0.3, 0.4) is 0 Å². The van der Waals surface area contributed by atoms with Crippen LogP contribution in [0, 0.1) is 17.2 Å². The monoisotopic (exact) mass is 388 g/mol. The molecule has 4 rings (SSSR count). The quantitative estimate of drug-likeness (QED) is 0.775. The molecular weight excluding hydrogens is 360 g/mol. The molecule has 2 fully saturated rings. The predicted octanol–water partition coefficient (Wildman–Crippen LogP) is 4.10. The summed E-state index contributed by atoms with van der Waals surface area (Å²) in [6.07, 6.45) is 3.25. The Labute approximate surface area is 173 Å². The van der Waals surface area contributed by atoms with Crippen molar-refractivity contribution >= 4 is 11.7 Å². The number of amides is 2. The third-order valence-corrected chi connectivity index (χ3v) is 6.03. The second-order valence-electron chi connectivity index (χ2n) is 8.10. The molecule has 0 saturated carbocycles. The fourth-order valence-electron chi connectivity index (χ4n) is 4.41. The van der Waals surface area contributed by atoms with Gasteiger partial charge in [0.05, 0.1) is 11.6 Å². The van der Waals surface area contributed by atoms with Crippen molar-refractivity contribution in [3.05, 3.63) is 65.7 Å². The minimum absolute atomic E-state index is 0.0815. The van der Waals surface area contributed by atoms with Crippen LogP contribution in [-0.2, 0) is 6.54 Å². The molecule has 0 spiro atoms. The molecule has 0 unspecified atom stereocenters. The van der Waals surface area contributed by atoms with Crippen LogP contribution < -0.4 is 4.90 Å². The summed E-state index contributed by atoms with van der Waals surface area (Å²) in [4.78, 5) is 19.4. The summed E-state index contributed by atoms with van der Waals surface area (Å²) in [5.74, 6) is 0.566. The van der Waals surface area contributed by atoms with Gasteiger partial charge in [-0.1, -0.05) is 36.4 Å². The minimum Gasteiger partial charge on any atom is -0.324 e. The summed E-state index contributed by atoms with van der Waals surface area (Å²) < 4.78 is 0. The maximum Gasteiger partial charge on any atom is 0.324 e. The van der Waals surface area contributed by atoms with Crippen molar-refractivity contribution in [2.24, 2.45) is 5.92 Å². The van der Waals surface area contributed by atoms with E-state index in [0.717, 1.165) is 64.2 Å². The number of carbonyl (C=O) groups excluding carboxylic acids is 1. The highest BCUT2D eigenvalue weighted by Gasteiger charge is 2.30. The Balaban J connectivity index is 1.31. The SMILES string of the molecule is N#Cc1cccc(N2CCCN(CC3CCN(Cc4ccccc4)CC3)C2=O)c1. The van der Waals surface area contributed by atoms with Gasteiger partial charge in [-0.2, -0.15) is 5.26 Å². The average Bonchev–Trinajstić information content (AvgIpc) is 2.77. The zero-order valence-electron chi connectivity index (χ0n) is 16.8. The van der Waals surface area contributed by atoms with Crippen molar-refractivity contribution in [2.75, 3.05) is 37.6 Å². The molecule has 0 radical (unpaired) electrons. The highest BCUT2D eigenvalue weighted by atomic mass is 16.2. The molecule has 0 N–H and O–H groups in total. The summed E-state index contributed by atoms with van der Waals surface area (Å²) in [6, 6.07) is 20.2. The Kier molecular flexibility index (Phi) is 6.12. The molecule has 2 aliphatic rings. The van der Waals surface area contributed by atoms with Gasteiger partial charge in [0.25, 0.3) is 0 Å². The third kappa shape index (κ3) is 4.78. The van der Waals surface area contributed by atoms with Crippen LogP contribution in [0.5, 0.6) is 0 Å². The lowest BCUT2D eigenvalue weighted by Gasteiger charge is -2.39. The summed E-state index contributed by atoms with van der Waals surface area (Å²) in [5, 5.41) is 9.14. The highest BCUT2D eigenvalue weighted by Crippen LogP contribution is 2.25. The van der Waals surface area contributed by atoms with Crippen molar-refractivity contribution < 1.29 is 4.79 Å². The predicted molar refractivity (Wildman–Crippen MR) is 115 cm³/mol. The van der Waals surface area contributed by atoms with Crippen LogP contribution in [0.2, 0.25) is 0 Å². The smallest absolute Gasteiger partial charge is 0.324 e. The number of carbonyl (C=O) groups is 1. The zero-order valence-corrected chi connectivity index (χ0v) is 16.8. The fourth-order valence-corrected chi connectivity index (χ4v) is 4.41. The molecule has 2 amide bonds. The molecule has 2 aromatic carbocycles. The standard InChI is InChI=1S/C24H28N4O/c25-17-22-8-4-9-23(16-22)28-13-5-12-27(24(28)29)19-21-10-14-26(15-11-21)18-20-6-2-1-3-7-20/h1-4,6-9,16,21H,5,10-15,18-19H2. The van der Waals surface area contributed by atoms with Gasteiger partial charge < -0.3 is 4.90 Å². The van der Waals surface area contributed by atoms with Gasteiger partial charge in [-0.25, -0.2) is 4.79 Å². The normalized spacial score (nSPS) is 18.7. The van der Waals surface area contributed by atoms with E-state index in [9.17, 15) is 4.79 Å². The van der Waals surface area contributed by atoms with Crippen LogP contribution in [0.25, 0.3) is 0 Å². The average molecular weight is 389 g/mol. The number of nitrogens with zero attached hydrogens (tertiary/aromatic N) is 4. The number of urea groups is 1. The highest BCUT2D eigenvalue weighted by molar-refractivity contribution is 5.92. The number of anilines is 1. The van der Waals surface area contributed by atoms with Crippen LogP contribution in [0.1, 0.15) is 30.4 Å². The number of likely N-dealkylation sites (tertiary alicyclic amines) is 1. The van der Waals surface area contributed by atoms with Crippen LogP contribution >= 0.6 is 0 Å². The summed E-state index contributed by atoms with van der Waals surface area (Å²) in [6.45, 7) is 5.59. The second-order valence-corrected chi connectivity index (χ2v) is 8.10. The molecule has 150 valence electrons. The van der Waals surface area contributed by atoms with Gasteiger partial charge in [0.15, 0.2) is 0 Å². The van der Waals surface area contributed by atoms with E-state index in [0.29, 0.717) is 11.5 Å². The maximum atomic E-state index is 13.1. The van der Waals surface area contributed by atoms with Gasteiger partial charge in [-0.15, -0.1) is 0 Å². The molecule has 2 aliphatic heterocycles. The number of rotatable bonds is 5. The first-order chi connectivity index (χ1) is 14.2. The second kappa shape index (κ2) is 9.11. The first-order valence-corrected chi connectivity index (χ1v) is 10.6. The summed E-state index contributed by atoms with van der Waals surface area (Å²) in [5.41, 5.74) is 2.79. The number of nitriles is 1. The fraction of sp³-hybridized carbons (Fsp3) is 0.417. The van der Waals surface area contributed by atoms with E-state index in [4.69, 9.17) is 5.26 Å². The zero-order chi connectivity index (χ0) is 20.1. The van der Waals surface area contributed by atoms with E-state index in [1.54, 1.807) is 6.07 Å². The Morgan fingerprint density at radius 3 is 2.52 bits per heavy atom. The molecule has 29 heavy (non-hydrogen) atoms. The van der Waals surface area contributed by atoms with Crippen molar-refractivity contribution in [1.29, 1.82) is 5.26 Å². The van der Waals surface area contributed by atoms with E-state index in [1.807, 2.05) is 28.0 Å². The van der Waals surface area contributed by atoms with Gasteiger partial charge in [0.2, 0.25) is 0 Å². The molecule has 5 heteroatoms. The van der Waals surface area contributed by atoms with Crippen molar-refractivity contribution in [2.45, 2.75) is 25.8 Å². The molecule has 0 aromatic heterocycles. The van der Waals surface area contributed by atoms with Gasteiger partial charge >= 0.3 is 6.03 Å². The van der Waals surface area contributed by atoms with E-state index >= 15 is 0 Å². The lowest BCUT2D eigenvalue weighted by molar-refractivity contribution is 0.139. The summed E-state index contributed by atoms with van der Waals surface area (Å²) in [7, 11) is 0. The molecule has 0 aliphatic carbocycles. The molecule has 5 nitrogen and oxygen atoms in total. The lowest BCUT2D eigenvalue weighted by Crippen LogP contribution is -2.51. The van der Waals surface area contributed by atoms with Crippen LogP contribution in [-0.4, -0.2) is 48.6 Å². The Morgan fingerprint density at radius 2 is 1.76 bits per heavy atom. The minimum atomic E-state index is 0.0815. The van der Waals surface area contributed by atoms with E-state index in [-0.39, 0.29) is 6.03 Å².